The van der Waals surface area contributed by atoms with Gasteiger partial charge >= 0.3 is 17.2 Å². The summed E-state index contributed by atoms with van der Waals surface area (Å²) in [5.74, 6) is -1.83. The lowest BCUT2D eigenvalue weighted by atomic mass is 10.1. The molecule has 204 valence electrons. The van der Waals surface area contributed by atoms with Gasteiger partial charge in [-0.3, -0.25) is 9.59 Å². The first-order chi connectivity index (χ1) is 17.1. The van der Waals surface area contributed by atoms with Crippen molar-refractivity contribution in [2.45, 2.75) is 64.4 Å². The van der Waals surface area contributed by atoms with Crippen molar-refractivity contribution in [1.29, 1.82) is 0 Å². The average molecular weight is 600 g/mol. The second-order valence-corrected chi connectivity index (χ2v) is 9.35. The zero-order valence-electron chi connectivity index (χ0n) is 21.6. The lowest BCUT2D eigenvalue weighted by Crippen LogP contribution is -3.00. The number of aliphatic carboxylic acids is 1. The van der Waals surface area contributed by atoms with Crippen LogP contribution in [0.4, 0.5) is 4.79 Å². The van der Waals surface area contributed by atoms with Crippen molar-refractivity contribution in [3.8, 4) is 0 Å². The van der Waals surface area contributed by atoms with E-state index in [2.05, 4.69) is 33.6 Å². The van der Waals surface area contributed by atoms with Gasteiger partial charge in [0.15, 0.2) is 0 Å². The fraction of sp³-hybridized carbons (Fsp3) is 0.480. The molecule has 0 bridgehead atoms. The Morgan fingerprint density at radius 3 is 2.46 bits per heavy atom. The number of carbonyl (C=O) groups is 4. The Bertz CT molecular complexity index is 1080. The number of aromatic nitrogens is 2. The molecule has 1 aromatic heterocycles. The maximum absolute atomic E-state index is 12.5. The van der Waals surface area contributed by atoms with Crippen LogP contribution < -0.4 is 32.2 Å². The second kappa shape index (κ2) is 16.1. The molecule has 2 aromatic rings. The van der Waals surface area contributed by atoms with Crippen molar-refractivity contribution in [3.63, 3.8) is 0 Å². The van der Waals surface area contributed by atoms with Gasteiger partial charge in [0, 0.05) is 20.3 Å². The second-order valence-electron chi connectivity index (χ2n) is 8.40. The van der Waals surface area contributed by atoms with Gasteiger partial charge in [0.2, 0.25) is 5.91 Å². The van der Waals surface area contributed by atoms with E-state index < -0.39 is 30.6 Å². The smallest absolute Gasteiger partial charge is 0.407 e. The number of nitrogens with zero attached hydrogens (tertiary/aromatic N) is 2. The number of halogens is 1. The highest BCUT2D eigenvalue weighted by Crippen LogP contribution is 2.20. The van der Waals surface area contributed by atoms with E-state index in [9.17, 15) is 24.3 Å². The monoisotopic (exact) mass is 598 g/mol. The van der Waals surface area contributed by atoms with Crippen molar-refractivity contribution in [1.82, 2.24) is 15.2 Å². The Kier molecular flexibility index (Phi) is 14.0. The molecule has 12 heteroatoms. The predicted molar refractivity (Wildman–Crippen MR) is 135 cm³/mol. The molecule has 1 atom stereocenters. The third-order valence-corrected chi connectivity index (χ3v) is 6.93. The molecule has 0 unspecified atom stereocenters. The number of hydrogen-bond donors (Lipinski definition) is 3. The first-order valence-electron chi connectivity index (χ1n) is 11.8. The van der Waals surface area contributed by atoms with E-state index in [1.807, 2.05) is 32.2 Å². The number of ketones is 1. The predicted octanol–water partition coefficient (Wildman–Crippen LogP) is -0.719. The Balaban J connectivity index is 0.00000684. The number of benzene rings is 1. The van der Waals surface area contributed by atoms with E-state index in [1.165, 1.54) is 11.8 Å². The molecule has 2 amide bonds. The number of hydrogen-bond acceptors (Lipinski definition) is 6. The number of carboxylic acids is 1. The van der Waals surface area contributed by atoms with Crippen molar-refractivity contribution in [3.05, 3.63) is 47.3 Å². The summed E-state index contributed by atoms with van der Waals surface area (Å²) in [5.41, 5.74) is 3.08. The standard InChI is InChI=1S/C25H34N4O6S.BrH/c1-5-13-29-18(3)17(2)28(4)25(29)36-16-20(30)11-12-21(23(32)33)27-22(31)14-26-24(34)35-15-19-9-7-6-8-10-19;/h6-10,21H,5,11-16H2,1-4H3,(H2-,26,27,31,32,33,34);1H/t21-;/m0./s1. The molecule has 10 nitrogen and oxygen atoms in total. The van der Waals surface area contributed by atoms with Crippen LogP contribution in [0.15, 0.2) is 35.5 Å². The van der Waals surface area contributed by atoms with Gasteiger partial charge in [0.1, 0.15) is 36.4 Å². The number of nitrogens with one attached hydrogen (secondary N) is 2. The highest BCUT2D eigenvalue weighted by Gasteiger charge is 2.25. The summed E-state index contributed by atoms with van der Waals surface area (Å²) >= 11 is 1.43. The summed E-state index contributed by atoms with van der Waals surface area (Å²) in [4.78, 5) is 48.0. The molecular weight excluding hydrogens is 564 g/mol. The van der Waals surface area contributed by atoms with Gasteiger partial charge in [-0.25, -0.2) is 18.7 Å². The number of ether oxygens (including phenoxy) is 1. The Morgan fingerprint density at radius 1 is 1.16 bits per heavy atom. The maximum Gasteiger partial charge on any atom is 0.407 e. The number of alkyl carbamates (subject to hydrolysis) is 1. The summed E-state index contributed by atoms with van der Waals surface area (Å²) < 4.78 is 9.26. The topological polar surface area (TPSA) is 131 Å². The lowest BCUT2D eigenvalue weighted by molar-refractivity contribution is -0.715. The lowest BCUT2D eigenvalue weighted by Gasteiger charge is -2.14. The molecule has 1 aromatic carbocycles. The van der Waals surface area contributed by atoms with Crippen molar-refractivity contribution < 1.29 is 50.6 Å². The Labute approximate surface area is 231 Å². The summed E-state index contributed by atoms with van der Waals surface area (Å²) in [6.45, 7) is 6.64. The van der Waals surface area contributed by atoms with Crippen LogP contribution in [0.5, 0.6) is 0 Å². The van der Waals surface area contributed by atoms with Crippen LogP contribution in [0, 0.1) is 13.8 Å². The molecule has 0 aliphatic rings. The van der Waals surface area contributed by atoms with Crippen molar-refractivity contribution in [2.24, 2.45) is 7.05 Å². The maximum atomic E-state index is 12.5. The van der Waals surface area contributed by atoms with Gasteiger partial charge in [-0.1, -0.05) is 37.3 Å². The number of thioether (sulfide) groups is 1. The molecule has 0 spiro atoms. The molecule has 0 saturated heterocycles. The minimum atomic E-state index is -1.25. The fourth-order valence-electron chi connectivity index (χ4n) is 3.52. The SMILES string of the molecule is CCCn1c(C)c(C)[n+](C)c1SCC(=O)CC[C@H](NC(=O)CNC(=O)OCc1ccccc1)C(=O)O.[Br-]. The zero-order chi connectivity index (χ0) is 26.7. The molecule has 37 heavy (non-hydrogen) atoms. The molecule has 0 radical (unpaired) electrons. The van der Waals surface area contributed by atoms with Crippen LogP contribution in [-0.2, 0) is 39.3 Å². The first kappa shape index (κ1) is 32.2. The van der Waals surface area contributed by atoms with E-state index in [-0.39, 0.29) is 48.0 Å². The number of carboxylic acid groups (broad SMARTS) is 1. The van der Waals surface area contributed by atoms with E-state index in [0.29, 0.717) is 0 Å². The van der Waals surface area contributed by atoms with E-state index in [4.69, 9.17) is 4.74 Å². The number of rotatable bonds is 14. The molecular formula is C25H35BrN4O6S. The largest absolute Gasteiger partial charge is 1.00 e. The van der Waals surface area contributed by atoms with Crippen LogP contribution in [0.25, 0.3) is 0 Å². The minimum absolute atomic E-state index is 0. The summed E-state index contributed by atoms with van der Waals surface area (Å²) in [7, 11) is 1.96. The molecule has 3 N–H and O–H groups in total. The number of amides is 2. The van der Waals surface area contributed by atoms with Crippen molar-refractivity contribution >= 4 is 35.5 Å². The van der Waals surface area contributed by atoms with Crippen LogP contribution in [-0.4, -0.2) is 51.8 Å². The van der Waals surface area contributed by atoms with Gasteiger partial charge in [0.25, 0.3) is 0 Å². The van der Waals surface area contributed by atoms with Gasteiger partial charge in [-0.15, -0.1) is 0 Å². The Morgan fingerprint density at radius 2 is 1.84 bits per heavy atom. The van der Waals surface area contributed by atoms with Gasteiger partial charge < -0.3 is 37.5 Å². The van der Waals surface area contributed by atoms with Crippen LogP contribution in [0.1, 0.15) is 43.1 Å². The third kappa shape index (κ3) is 10.2. The first-order valence-corrected chi connectivity index (χ1v) is 12.8. The molecule has 0 aliphatic heterocycles. The highest BCUT2D eigenvalue weighted by atomic mass is 79.9. The quantitative estimate of drug-likeness (QED) is 0.193. The van der Waals surface area contributed by atoms with Gasteiger partial charge in [-0.2, -0.15) is 0 Å². The summed E-state index contributed by atoms with van der Waals surface area (Å²) in [6, 6.07) is 7.81. The minimum Gasteiger partial charge on any atom is -1.00 e. The number of Topliss-reactive ketones (excluding diaryl/α,β-unsaturated/α-hetero) is 1. The van der Waals surface area contributed by atoms with Crippen molar-refractivity contribution in [2.75, 3.05) is 12.3 Å². The fourth-order valence-corrected chi connectivity index (χ4v) is 4.67. The van der Waals surface area contributed by atoms with E-state index >= 15 is 0 Å². The molecule has 0 aliphatic carbocycles. The third-order valence-electron chi connectivity index (χ3n) is 5.71. The Hall–Kier alpha value is -2.86. The number of imidazole rings is 1. The zero-order valence-corrected chi connectivity index (χ0v) is 24.0. The van der Waals surface area contributed by atoms with Crippen LogP contribution in [0.2, 0.25) is 0 Å². The average Bonchev–Trinajstić information content (AvgIpc) is 3.06. The normalized spacial score (nSPS) is 11.2. The molecule has 0 fully saturated rings. The van der Waals surface area contributed by atoms with Crippen LogP contribution >= 0.6 is 11.8 Å². The molecule has 2 rings (SSSR count). The highest BCUT2D eigenvalue weighted by molar-refractivity contribution is 7.99. The van der Waals surface area contributed by atoms with E-state index in [1.54, 1.807) is 12.1 Å². The molecule has 1 heterocycles. The van der Waals surface area contributed by atoms with E-state index in [0.717, 1.165) is 35.1 Å². The molecule has 0 saturated carbocycles. The number of carbonyl (C=O) groups excluding carboxylic acids is 3. The summed E-state index contributed by atoms with van der Waals surface area (Å²) in [6.07, 6.45) is 0.141. The van der Waals surface area contributed by atoms with Crippen LogP contribution in [0.3, 0.4) is 0 Å². The van der Waals surface area contributed by atoms with Gasteiger partial charge in [-0.05, 0) is 30.2 Å². The van der Waals surface area contributed by atoms with Gasteiger partial charge in [0.05, 0.1) is 19.3 Å². The summed E-state index contributed by atoms with van der Waals surface area (Å²) in [5, 5.41) is 15.1.